The maximum absolute atomic E-state index is 12.3. The summed E-state index contributed by atoms with van der Waals surface area (Å²) in [6, 6.07) is 5.43. The Bertz CT molecular complexity index is 825. The summed E-state index contributed by atoms with van der Waals surface area (Å²) < 4.78 is 0.916. The highest BCUT2D eigenvalue weighted by molar-refractivity contribution is 7.21. The van der Waals surface area contributed by atoms with Crippen molar-refractivity contribution in [3.63, 3.8) is 0 Å². The lowest BCUT2D eigenvalue weighted by atomic mass is 10.2. The molecule has 1 amide bonds. The van der Waals surface area contributed by atoms with Gasteiger partial charge < -0.3 is 11.1 Å². The van der Waals surface area contributed by atoms with Crippen molar-refractivity contribution in [1.82, 2.24) is 10.3 Å². The highest BCUT2D eigenvalue weighted by atomic mass is 35.5. The van der Waals surface area contributed by atoms with Crippen molar-refractivity contribution in [2.45, 2.75) is 13.5 Å². The number of carbonyl (C=O) groups is 1. The molecule has 1 aromatic carbocycles. The molecule has 0 atom stereocenters. The lowest BCUT2D eigenvalue weighted by Gasteiger charge is -2.02. The molecule has 108 valence electrons. The topological polar surface area (TPSA) is 68.0 Å². The summed E-state index contributed by atoms with van der Waals surface area (Å²) in [7, 11) is 0. The molecule has 0 radical (unpaired) electrons. The quantitative estimate of drug-likeness (QED) is 0.763. The number of thiophene rings is 1. The SMILES string of the molecule is Cc1ncc(CNC(=O)c2sc3cc(Cl)ccc3c2N)s1. The third kappa shape index (κ3) is 2.88. The first-order chi connectivity index (χ1) is 10.0. The van der Waals surface area contributed by atoms with Gasteiger partial charge in [-0.2, -0.15) is 0 Å². The number of nitrogens with one attached hydrogen (secondary N) is 1. The second kappa shape index (κ2) is 5.63. The zero-order valence-corrected chi connectivity index (χ0v) is 13.5. The molecule has 0 bridgehead atoms. The molecule has 0 aliphatic rings. The minimum atomic E-state index is -0.170. The number of halogens is 1. The first-order valence-corrected chi connectivity index (χ1v) is 8.22. The number of aryl methyl sites for hydroxylation is 1. The Kier molecular flexibility index (Phi) is 3.84. The van der Waals surface area contributed by atoms with Crippen LogP contribution in [0.1, 0.15) is 19.6 Å². The second-order valence-electron chi connectivity index (χ2n) is 4.51. The van der Waals surface area contributed by atoms with Crippen LogP contribution in [0.3, 0.4) is 0 Å². The Hall–Kier alpha value is -1.63. The van der Waals surface area contributed by atoms with Crippen LogP contribution in [0, 0.1) is 6.92 Å². The number of nitrogens with zero attached hydrogens (tertiary/aromatic N) is 1. The molecule has 4 nitrogen and oxygen atoms in total. The lowest BCUT2D eigenvalue weighted by molar-refractivity contribution is 0.0956. The Balaban J connectivity index is 1.82. The van der Waals surface area contributed by atoms with Gasteiger partial charge in [0.25, 0.3) is 5.91 Å². The summed E-state index contributed by atoms with van der Waals surface area (Å²) in [6.45, 7) is 2.39. The molecule has 0 fully saturated rings. The van der Waals surface area contributed by atoms with Crippen LogP contribution in [0.4, 0.5) is 5.69 Å². The molecule has 0 spiro atoms. The molecule has 0 aliphatic heterocycles. The molecule has 0 unspecified atom stereocenters. The van der Waals surface area contributed by atoms with Crippen LogP contribution in [-0.4, -0.2) is 10.9 Å². The van der Waals surface area contributed by atoms with Gasteiger partial charge in [-0.3, -0.25) is 4.79 Å². The van der Waals surface area contributed by atoms with Gasteiger partial charge in [-0.1, -0.05) is 11.6 Å². The maximum Gasteiger partial charge on any atom is 0.263 e. The van der Waals surface area contributed by atoms with E-state index in [2.05, 4.69) is 10.3 Å². The predicted octanol–water partition coefficient (Wildman–Crippen LogP) is 3.83. The maximum atomic E-state index is 12.3. The van der Waals surface area contributed by atoms with Gasteiger partial charge in [-0.05, 0) is 25.1 Å². The number of aromatic nitrogens is 1. The summed E-state index contributed by atoms with van der Waals surface area (Å²) in [5.41, 5.74) is 6.56. The number of thiazole rings is 1. The van der Waals surface area contributed by atoms with Crippen LogP contribution in [0.5, 0.6) is 0 Å². The summed E-state index contributed by atoms with van der Waals surface area (Å²) in [5, 5.41) is 5.35. The van der Waals surface area contributed by atoms with E-state index in [1.165, 1.54) is 11.3 Å². The predicted molar refractivity (Wildman–Crippen MR) is 89.3 cm³/mol. The van der Waals surface area contributed by atoms with Crippen molar-refractivity contribution in [2.75, 3.05) is 5.73 Å². The highest BCUT2D eigenvalue weighted by Gasteiger charge is 2.16. The summed E-state index contributed by atoms with van der Waals surface area (Å²) in [6.07, 6.45) is 1.77. The first-order valence-electron chi connectivity index (χ1n) is 6.21. The molecule has 3 rings (SSSR count). The fourth-order valence-electron chi connectivity index (χ4n) is 1.99. The molecule has 0 saturated carbocycles. The van der Waals surface area contributed by atoms with E-state index in [0.717, 1.165) is 20.0 Å². The van der Waals surface area contributed by atoms with Gasteiger partial charge in [0.05, 0.1) is 17.2 Å². The number of carbonyl (C=O) groups excluding carboxylic acids is 1. The van der Waals surface area contributed by atoms with E-state index in [1.807, 2.05) is 19.1 Å². The van der Waals surface area contributed by atoms with Crippen molar-refractivity contribution in [1.29, 1.82) is 0 Å². The third-order valence-electron chi connectivity index (χ3n) is 2.99. The first kappa shape index (κ1) is 14.3. The van der Waals surface area contributed by atoms with Crippen LogP contribution in [0.2, 0.25) is 5.02 Å². The van der Waals surface area contributed by atoms with Gasteiger partial charge in [0.2, 0.25) is 0 Å². The molecule has 0 saturated heterocycles. The van der Waals surface area contributed by atoms with E-state index in [0.29, 0.717) is 22.1 Å². The van der Waals surface area contributed by atoms with Crippen LogP contribution < -0.4 is 11.1 Å². The zero-order valence-electron chi connectivity index (χ0n) is 11.1. The molecule has 2 heterocycles. The number of hydrogen-bond donors (Lipinski definition) is 2. The Morgan fingerprint density at radius 2 is 2.24 bits per heavy atom. The second-order valence-corrected chi connectivity index (χ2v) is 7.32. The Morgan fingerprint density at radius 3 is 2.95 bits per heavy atom. The molecule has 3 N–H and O–H groups in total. The van der Waals surface area contributed by atoms with Crippen LogP contribution >= 0.6 is 34.3 Å². The van der Waals surface area contributed by atoms with Crippen molar-refractivity contribution in [3.8, 4) is 0 Å². The average Bonchev–Trinajstić information content (AvgIpc) is 3.00. The highest BCUT2D eigenvalue weighted by Crippen LogP contribution is 2.35. The fourth-order valence-corrected chi connectivity index (χ4v) is 4.04. The molecule has 3 aromatic rings. The van der Waals surface area contributed by atoms with Crippen LogP contribution in [0.25, 0.3) is 10.1 Å². The van der Waals surface area contributed by atoms with Crippen molar-refractivity contribution >= 4 is 56.0 Å². The van der Waals surface area contributed by atoms with Gasteiger partial charge in [-0.15, -0.1) is 22.7 Å². The number of rotatable bonds is 3. The van der Waals surface area contributed by atoms with E-state index < -0.39 is 0 Å². The third-order valence-corrected chi connectivity index (χ3v) is 5.30. The van der Waals surface area contributed by atoms with E-state index in [4.69, 9.17) is 17.3 Å². The number of nitrogen functional groups attached to an aromatic ring is 1. The zero-order chi connectivity index (χ0) is 15.0. The number of nitrogens with two attached hydrogens (primary N) is 1. The van der Waals surface area contributed by atoms with E-state index in [1.54, 1.807) is 23.6 Å². The van der Waals surface area contributed by atoms with Gasteiger partial charge in [-0.25, -0.2) is 4.98 Å². The molecule has 2 aromatic heterocycles. The fraction of sp³-hybridized carbons (Fsp3) is 0.143. The molecule has 7 heteroatoms. The normalized spacial score (nSPS) is 11.0. The standard InChI is InChI=1S/C14H12ClN3OS2/c1-7-17-5-9(20-7)6-18-14(19)13-12(16)10-3-2-8(15)4-11(10)21-13/h2-5H,6,16H2,1H3,(H,18,19). The van der Waals surface area contributed by atoms with E-state index >= 15 is 0 Å². The largest absolute Gasteiger partial charge is 0.397 e. The minimum Gasteiger partial charge on any atom is -0.397 e. The number of hydrogen-bond acceptors (Lipinski definition) is 5. The summed E-state index contributed by atoms with van der Waals surface area (Å²) in [5.74, 6) is -0.170. The number of benzene rings is 1. The van der Waals surface area contributed by atoms with E-state index in [-0.39, 0.29) is 5.91 Å². The Morgan fingerprint density at radius 1 is 1.43 bits per heavy atom. The van der Waals surface area contributed by atoms with Gasteiger partial charge >= 0.3 is 0 Å². The van der Waals surface area contributed by atoms with Gasteiger partial charge in [0.1, 0.15) is 4.88 Å². The molecule has 21 heavy (non-hydrogen) atoms. The van der Waals surface area contributed by atoms with Crippen LogP contribution in [0.15, 0.2) is 24.4 Å². The number of amides is 1. The smallest absolute Gasteiger partial charge is 0.263 e. The number of anilines is 1. The monoisotopic (exact) mass is 337 g/mol. The molecule has 0 aliphatic carbocycles. The average molecular weight is 338 g/mol. The van der Waals surface area contributed by atoms with Crippen molar-refractivity contribution in [3.05, 3.63) is 44.2 Å². The summed E-state index contributed by atoms with van der Waals surface area (Å²) >= 11 is 8.88. The Labute approximate surface area is 134 Å². The molecular weight excluding hydrogens is 326 g/mol. The van der Waals surface area contributed by atoms with Gasteiger partial charge in [0, 0.05) is 26.2 Å². The molecular formula is C14H12ClN3OS2. The van der Waals surface area contributed by atoms with Crippen molar-refractivity contribution < 1.29 is 4.79 Å². The van der Waals surface area contributed by atoms with Crippen LogP contribution in [-0.2, 0) is 6.54 Å². The van der Waals surface area contributed by atoms with E-state index in [9.17, 15) is 4.79 Å². The van der Waals surface area contributed by atoms with Crippen molar-refractivity contribution in [2.24, 2.45) is 0 Å². The number of fused-ring (bicyclic) bond motifs is 1. The van der Waals surface area contributed by atoms with Gasteiger partial charge in [0.15, 0.2) is 0 Å². The summed E-state index contributed by atoms with van der Waals surface area (Å²) in [4.78, 5) is 18.0. The minimum absolute atomic E-state index is 0.170. The lowest BCUT2D eigenvalue weighted by Crippen LogP contribution is -2.22.